The lowest BCUT2D eigenvalue weighted by Crippen LogP contribution is -2.16. The Morgan fingerprint density at radius 1 is 1.55 bits per heavy atom. The van der Waals surface area contributed by atoms with Gasteiger partial charge in [0.05, 0.1) is 7.11 Å². The Morgan fingerprint density at radius 2 is 2.09 bits per heavy atom. The lowest BCUT2D eigenvalue weighted by Gasteiger charge is -2.06. The van der Waals surface area contributed by atoms with E-state index in [1.54, 1.807) is 0 Å². The molecule has 0 saturated heterocycles. The molecule has 60 valence electrons. The highest BCUT2D eigenvalue weighted by Gasteiger charge is 2.16. The highest BCUT2D eigenvalue weighted by Crippen LogP contribution is 2.08. The summed E-state index contributed by atoms with van der Waals surface area (Å²) >= 11 is 0. The minimum absolute atomic E-state index is 0.118. The van der Waals surface area contributed by atoms with Crippen LogP contribution in [0, 0.1) is 0 Å². The zero-order valence-electron chi connectivity index (χ0n) is 6.45. The van der Waals surface area contributed by atoms with E-state index in [0.717, 1.165) is 0 Å². The van der Waals surface area contributed by atoms with Crippen LogP contribution in [-0.2, 0) is 4.74 Å². The lowest BCUT2D eigenvalue weighted by molar-refractivity contribution is 0.299. The Balaban J connectivity index is 4.38. The largest absolute Gasteiger partial charge is 0.497 e. The number of allylic oxidation sites excluding steroid dienone is 3. The van der Waals surface area contributed by atoms with Crippen molar-refractivity contribution in [3.05, 3.63) is 36.5 Å². The van der Waals surface area contributed by atoms with E-state index in [1.807, 2.05) is 0 Å². The molecule has 11 heavy (non-hydrogen) atoms. The van der Waals surface area contributed by atoms with Gasteiger partial charge < -0.3 is 14.8 Å². The molecule has 0 saturated carbocycles. The molecule has 0 radical (unpaired) electrons. The summed E-state index contributed by atoms with van der Waals surface area (Å²) in [6, 6.07) is 0. The van der Waals surface area contributed by atoms with E-state index in [4.69, 9.17) is 14.8 Å². The molecule has 0 bridgehead atoms. The van der Waals surface area contributed by atoms with Crippen molar-refractivity contribution in [3.63, 3.8) is 0 Å². The fourth-order valence-electron chi connectivity index (χ4n) is 0.540. The second-order valence-corrected chi connectivity index (χ2v) is 1.87. The van der Waals surface area contributed by atoms with Crippen LogP contribution in [0.1, 0.15) is 0 Å². The van der Waals surface area contributed by atoms with Crippen LogP contribution in [-0.4, -0.2) is 24.3 Å². The van der Waals surface area contributed by atoms with Gasteiger partial charge in [0.25, 0.3) is 0 Å². The molecule has 0 aromatic carbocycles. The average Bonchev–Trinajstić information content (AvgIpc) is 1.98. The van der Waals surface area contributed by atoms with Crippen LogP contribution in [0.4, 0.5) is 0 Å². The normalized spacial score (nSPS) is 10.6. The summed E-state index contributed by atoms with van der Waals surface area (Å²) in [6.07, 6.45) is 2.98. The van der Waals surface area contributed by atoms with Crippen LogP contribution >= 0.6 is 0 Å². The topological polar surface area (TPSA) is 49.7 Å². The van der Waals surface area contributed by atoms with Crippen molar-refractivity contribution in [3.8, 4) is 0 Å². The molecule has 0 aliphatic heterocycles. The monoisotopic (exact) mass is 154 g/mol. The van der Waals surface area contributed by atoms with Crippen LogP contribution < -0.4 is 0 Å². The first-order valence-electron chi connectivity index (χ1n) is 3.05. The van der Waals surface area contributed by atoms with E-state index in [0.29, 0.717) is 5.76 Å². The number of methoxy groups -OCH3 is 1. The van der Waals surface area contributed by atoms with E-state index in [1.165, 1.54) is 19.3 Å². The first-order valence-corrected chi connectivity index (χ1v) is 3.05. The summed E-state index contributed by atoms with van der Waals surface area (Å²) in [5, 5.41) is 17.3. The molecule has 2 N–H and O–H groups in total. The van der Waals surface area contributed by atoms with E-state index in [2.05, 4.69) is 13.2 Å². The van der Waals surface area contributed by atoms with Crippen molar-refractivity contribution in [1.29, 1.82) is 0 Å². The summed E-state index contributed by atoms with van der Waals surface area (Å²) < 4.78 is 4.78. The van der Waals surface area contributed by atoms with E-state index in [-0.39, 0.29) is 5.47 Å². The summed E-state index contributed by atoms with van der Waals surface area (Å²) in [6.45, 7) is 6.83. The molecule has 0 spiro atoms. The lowest BCUT2D eigenvalue weighted by atomic mass is 9.79. The summed E-state index contributed by atoms with van der Waals surface area (Å²) in [4.78, 5) is 0. The third kappa shape index (κ3) is 3.07. The van der Waals surface area contributed by atoms with E-state index in [9.17, 15) is 0 Å². The Bertz CT molecular complexity index is 184. The zero-order chi connectivity index (χ0) is 8.85. The van der Waals surface area contributed by atoms with Crippen LogP contribution in [0.3, 0.4) is 0 Å². The summed E-state index contributed by atoms with van der Waals surface area (Å²) in [5.41, 5.74) is 0.118. The first kappa shape index (κ1) is 10.0. The fourth-order valence-corrected chi connectivity index (χ4v) is 0.540. The molecule has 0 amide bonds. The molecule has 0 aromatic heterocycles. The minimum atomic E-state index is -1.58. The van der Waals surface area contributed by atoms with Gasteiger partial charge in [-0.15, -0.1) is 0 Å². The maximum absolute atomic E-state index is 8.65. The second-order valence-electron chi connectivity index (χ2n) is 1.87. The molecule has 0 heterocycles. The van der Waals surface area contributed by atoms with Gasteiger partial charge in [0.2, 0.25) is 0 Å². The number of rotatable bonds is 4. The van der Waals surface area contributed by atoms with E-state index >= 15 is 0 Å². The molecular formula is C7H11BO3. The second kappa shape index (κ2) is 4.76. The summed E-state index contributed by atoms with van der Waals surface area (Å²) in [5.74, 6) is 0.315. The van der Waals surface area contributed by atoms with Crippen LogP contribution in [0.25, 0.3) is 0 Å². The maximum Gasteiger partial charge on any atom is 0.491 e. The van der Waals surface area contributed by atoms with Gasteiger partial charge in [-0.2, -0.15) is 0 Å². The summed E-state index contributed by atoms with van der Waals surface area (Å²) in [7, 11) is -0.163. The zero-order valence-corrected chi connectivity index (χ0v) is 6.45. The van der Waals surface area contributed by atoms with Crippen LogP contribution in [0.15, 0.2) is 36.5 Å². The molecule has 4 heteroatoms. The molecular weight excluding hydrogens is 143 g/mol. The van der Waals surface area contributed by atoms with Crippen molar-refractivity contribution in [2.75, 3.05) is 7.11 Å². The molecule has 0 aliphatic carbocycles. The smallest absolute Gasteiger partial charge is 0.491 e. The average molecular weight is 154 g/mol. The fraction of sp³-hybridized carbons (Fsp3) is 0.143. The Hall–Kier alpha value is -0.995. The Labute approximate surface area is 66.5 Å². The van der Waals surface area contributed by atoms with Gasteiger partial charge in [-0.3, -0.25) is 0 Å². The van der Waals surface area contributed by atoms with Crippen molar-refractivity contribution in [2.45, 2.75) is 0 Å². The Kier molecular flexibility index (Phi) is 4.33. The quantitative estimate of drug-likeness (QED) is 0.347. The highest BCUT2D eigenvalue weighted by molar-refractivity contribution is 6.51. The number of ether oxygens (including phenoxy) is 1. The Morgan fingerprint density at radius 3 is 2.36 bits per heavy atom. The molecule has 3 nitrogen and oxygen atoms in total. The standard InChI is InChI=1S/C7H11BO3/c1-4-5-7(11-3)6(2)8(9)10/h4-5,9-10H,1-2H2,3H3/b7-5+. The van der Waals surface area contributed by atoms with E-state index < -0.39 is 7.12 Å². The van der Waals surface area contributed by atoms with Crippen LogP contribution in [0.2, 0.25) is 0 Å². The van der Waals surface area contributed by atoms with Gasteiger partial charge >= 0.3 is 7.12 Å². The highest BCUT2D eigenvalue weighted by atomic mass is 16.5. The molecule has 0 unspecified atom stereocenters. The predicted molar refractivity (Wildman–Crippen MR) is 44.6 cm³/mol. The molecule has 0 rings (SSSR count). The third-order valence-electron chi connectivity index (χ3n) is 1.12. The molecule has 0 aromatic rings. The van der Waals surface area contributed by atoms with Gasteiger partial charge in [0, 0.05) is 5.47 Å². The van der Waals surface area contributed by atoms with Crippen molar-refractivity contribution >= 4 is 7.12 Å². The molecule has 0 fully saturated rings. The van der Waals surface area contributed by atoms with Gasteiger partial charge in [-0.05, 0) is 6.08 Å². The van der Waals surface area contributed by atoms with Gasteiger partial charge in [0.15, 0.2) is 0 Å². The molecule has 0 aliphatic rings. The van der Waals surface area contributed by atoms with Gasteiger partial charge in [-0.1, -0.05) is 19.2 Å². The third-order valence-corrected chi connectivity index (χ3v) is 1.12. The number of hydrogen-bond donors (Lipinski definition) is 2. The predicted octanol–water partition coefficient (Wildman–Crippen LogP) is 0.271. The number of hydrogen-bond acceptors (Lipinski definition) is 3. The van der Waals surface area contributed by atoms with Gasteiger partial charge in [0.1, 0.15) is 5.76 Å². The van der Waals surface area contributed by atoms with Crippen LogP contribution in [0.5, 0.6) is 0 Å². The van der Waals surface area contributed by atoms with Crippen molar-refractivity contribution < 1.29 is 14.8 Å². The SMILES string of the molecule is C=C/C=C(/OC)C(=C)B(O)O. The van der Waals surface area contributed by atoms with Crippen molar-refractivity contribution in [1.82, 2.24) is 0 Å². The first-order chi connectivity index (χ1) is 5.13. The molecule has 0 atom stereocenters. The minimum Gasteiger partial charge on any atom is -0.497 e. The maximum atomic E-state index is 8.65. The van der Waals surface area contributed by atoms with Gasteiger partial charge in [-0.25, -0.2) is 0 Å². The van der Waals surface area contributed by atoms with Crippen molar-refractivity contribution in [2.24, 2.45) is 0 Å².